The van der Waals surface area contributed by atoms with Crippen molar-refractivity contribution in [3.63, 3.8) is 0 Å². The first-order valence-electron chi connectivity index (χ1n) is 5.14. The van der Waals surface area contributed by atoms with Crippen LogP contribution in [-0.2, 0) is 4.74 Å². The third-order valence-electron chi connectivity index (χ3n) is 2.15. The highest BCUT2D eigenvalue weighted by Crippen LogP contribution is 2.08. The van der Waals surface area contributed by atoms with E-state index in [1.54, 1.807) is 13.3 Å². The van der Waals surface area contributed by atoms with Gasteiger partial charge in [0, 0.05) is 13.3 Å². The Bertz CT molecular complexity index is 285. The third-order valence-corrected chi connectivity index (χ3v) is 2.15. The van der Waals surface area contributed by atoms with Crippen molar-refractivity contribution in [3.8, 4) is 0 Å². The van der Waals surface area contributed by atoms with Crippen LogP contribution in [0.4, 0.5) is 5.82 Å². The SMILES string of the molecule is COCC(CCN)Nc1cc(C)ccn1. The van der Waals surface area contributed by atoms with Gasteiger partial charge in [0.1, 0.15) is 5.82 Å². The van der Waals surface area contributed by atoms with Crippen LogP contribution in [0.15, 0.2) is 18.3 Å². The van der Waals surface area contributed by atoms with E-state index in [9.17, 15) is 0 Å². The summed E-state index contributed by atoms with van der Waals surface area (Å²) in [7, 11) is 1.69. The van der Waals surface area contributed by atoms with Gasteiger partial charge in [-0.15, -0.1) is 0 Å². The van der Waals surface area contributed by atoms with Crippen molar-refractivity contribution >= 4 is 5.82 Å². The maximum absolute atomic E-state index is 5.53. The molecule has 0 fully saturated rings. The Labute approximate surface area is 90.8 Å². The van der Waals surface area contributed by atoms with Gasteiger partial charge in [-0.25, -0.2) is 4.98 Å². The number of aryl methyl sites for hydroxylation is 1. The summed E-state index contributed by atoms with van der Waals surface area (Å²) in [4.78, 5) is 4.24. The molecule has 1 rings (SSSR count). The number of ether oxygens (including phenoxy) is 1. The highest BCUT2D eigenvalue weighted by atomic mass is 16.5. The summed E-state index contributed by atoms with van der Waals surface area (Å²) < 4.78 is 5.11. The van der Waals surface area contributed by atoms with E-state index >= 15 is 0 Å². The summed E-state index contributed by atoms with van der Waals surface area (Å²) in [5.41, 5.74) is 6.72. The van der Waals surface area contributed by atoms with Crippen molar-refractivity contribution in [2.45, 2.75) is 19.4 Å². The molecule has 0 bridgehead atoms. The summed E-state index contributed by atoms with van der Waals surface area (Å²) in [6.07, 6.45) is 2.67. The van der Waals surface area contributed by atoms with Gasteiger partial charge in [-0.05, 0) is 37.6 Å². The molecule has 0 aliphatic carbocycles. The maximum atomic E-state index is 5.53. The molecule has 0 radical (unpaired) electrons. The summed E-state index contributed by atoms with van der Waals surface area (Å²) in [6.45, 7) is 3.33. The van der Waals surface area contributed by atoms with Crippen LogP contribution in [0.25, 0.3) is 0 Å². The fraction of sp³-hybridized carbons (Fsp3) is 0.545. The van der Waals surface area contributed by atoms with E-state index < -0.39 is 0 Å². The van der Waals surface area contributed by atoms with Gasteiger partial charge in [-0.3, -0.25) is 0 Å². The zero-order valence-electron chi connectivity index (χ0n) is 9.36. The zero-order chi connectivity index (χ0) is 11.1. The summed E-state index contributed by atoms with van der Waals surface area (Å²) in [6, 6.07) is 4.22. The van der Waals surface area contributed by atoms with E-state index in [2.05, 4.69) is 10.3 Å². The summed E-state index contributed by atoms with van der Waals surface area (Å²) >= 11 is 0. The molecule has 1 atom stereocenters. The van der Waals surface area contributed by atoms with Crippen LogP contribution in [0.5, 0.6) is 0 Å². The monoisotopic (exact) mass is 209 g/mol. The van der Waals surface area contributed by atoms with Gasteiger partial charge in [0.2, 0.25) is 0 Å². The lowest BCUT2D eigenvalue weighted by molar-refractivity contribution is 0.183. The number of hydrogen-bond acceptors (Lipinski definition) is 4. The second-order valence-electron chi connectivity index (χ2n) is 3.59. The molecule has 1 unspecified atom stereocenters. The van der Waals surface area contributed by atoms with Crippen LogP contribution in [0.1, 0.15) is 12.0 Å². The molecule has 0 amide bonds. The predicted octanol–water partition coefficient (Wildman–Crippen LogP) is 1.17. The minimum Gasteiger partial charge on any atom is -0.383 e. The Morgan fingerprint density at radius 2 is 2.40 bits per heavy atom. The number of aromatic nitrogens is 1. The average Bonchev–Trinajstić information content (AvgIpc) is 2.18. The number of anilines is 1. The average molecular weight is 209 g/mol. The molecule has 0 spiro atoms. The highest BCUT2D eigenvalue weighted by molar-refractivity contribution is 5.37. The molecule has 0 saturated heterocycles. The van der Waals surface area contributed by atoms with E-state index in [1.165, 1.54) is 5.56 Å². The Hall–Kier alpha value is -1.13. The summed E-state index contributed by atoms with van der Waals surface area (Å²) in [5.74, 6) is 0.880. The highest BCUT2D eigenvalue weighted by Gasteiger charge is 2.07. The molecule has 4 nitrogen and oxygen atoms in total. The van der Waals surface area contributed by atoms with E-state index in [1.807, 2.05) is 19.1 Å². The van der Waals surface area contributed by atoms with Crippen LogP contribution < -0.4 is 11.1 Å². The Morgan fingerprint density at radius 1 is 1.60 bits per heavy atom. The van der Waals surface area contributed by atoms with Gasteiger partial charge in [0.05, 0.1) is 12.6 Å². The normalized spacial score (nSPS) is 12.5. The fourth-order valence-electron chi connectivity index (χ4n) is 1.42. The predicted molar refractivity (Wildman–Crippen MR) is 61.9 cm³/mol. The van der Waals surface area contributed by atoms with Crippen LogP contribution in [0.3, 0.4) is 0 Å². The van der Waals surface area contributed by atoms with Gasteiger partial charge in [-0.2, -0.15) is 0 Å². The lowest BCUT2D eigenvalue weighted by Gasteiger charge is -2.17. The number of methoxy groups -OCH3 is 1. The Morgan fingerprint density at radius 3 is 3.00 bits per heavy atom. The number of nitrogens with one attached hydrogen (secondary N) is 1. The van der Waals surface area contributed by atoms with Crippen LogP contribution in [-0.4, -0.2) is 31.3 Å². The molecule has 0 aliphatic heterocycles. The molecular weight excluding hydrogens is 190 g/mol. The molecule has 1 aromatic rings. The van der Waals surface area contributed by atoms with Gasteiger partial charge < -0.3 is 15.8 Å². The molecule has 0 aliphatic rings. The molecule has 15 heavy (non-hydrogen) atoms. The van der Waals surface area contributed by atoms with Crippen molar-refractivity contribution in [2.24, 2.45) is 5.73 Å². The smallest absolute Gasteiger partial charge is 0.126 e. The van der Waals surface area contributed by atoms with E-state index in [0.29, 0.717) is 13.2 Å². The fourth-order valence-corrected chi connectivity index (χ4v) is 1.42. The van der Waals surface area contributed by atoms with Crippen molar-refractivity contribution in [3.05, 3.63) is 23.9 Å². The van der Waals surface area contributed by atoms with Gasteiger partial charge in [-0.1, -0.05) is 0 Å². The molecule has 0 saturated carbocycles. The molecule has 84 valence electrons. The lowest BCUT2D eigenvalue weighted by Crippen LogP contribution is -2.28. The molecule has 4 heteroatoms. The van der Waals surface area contributed by atoms with Gasteiger partial charge in [0.25, 0.3) is 0 Å². The Kier molecular flexibility index (Phi) is 5.07. The van der Waals surface area contributed by atoms with Crippen molar-refractivity contribution in [1.29, 1.82) is 0 Å². The third kappa shape index (κ3) is 4.27. The van der Waals surface area contributed by atoms with Crippen LogP contribution in [0.2, 0.25) is 0 Å². The summed E-state index contributed by atoms with van der Waals surface area (Å²) in [5, 5.41) is 3.31. The first kappa shape index (κ1) is 11.9. The molecule has 1 aromatic heterocycles. The number of rotatable bonds is 6. The minimum absolute atomic E-state index is 0.231. The quantitative estimate of drug-likeness (QED) is 0.738. The number of nitrogens with zero attached hydrogens (tertiary/aromatic N) is 1. The molecule has 3 N–H and O–H groups in total. The van der Waals surface area contributed by atoms with Gasteiger partial charge in [0.15, 0.2) is 0 Å². The number of hydrogen-bond donors (Lipinski definition) is 2. The standard InChI is InChI=1S/C11H19N3O/c1-9-4-6-13-11(7-9)14-10(3-5-12)8-15-2/h4,6-7,10H,3,5,8,12H2,1-2H3,(H,13,14). The Balaban J connectivity index is 2.56. The van der Waals surface area contributed by atoms with Crippen molar-refractivity contribution in [1.82, 2.24) is 4.98 Å². The molecule has 1 heterocycles. The van der Waals surface area contributed by atoms with Crippen molar-refractivity contribution in [2.75, 3.05) is 25.6 Å². The lowest BCUT2D eigenvalue weighted by atomic mass is 10.2. The molecular formula is C11H19N3O. The van der Waals surface area contributed by atoms with E-state index in [-0.39, 0.29) is 6.04 Å². The second kappa shape index (κ2) is 6.37. The van der Waals surface area contributed by atoms with Gasteiger partial charge >= 0.3 is 0 Å². The minimum atomic E-state index is 0.231. The van der Waals surface area contributed by atoms with Crippen LogP contribution >= 0.6 is 0 Å². The van der Waals surface area contributed by atoms with E-state index in [0.717, 1.165) is 12.2 Å². The van der Waals surface area contributed by atoms with Crippen LogP contribution in [0, 0.1) is 6.92 Å². The van der Waals surface area contributed by atoms with E-state index in [4.69, 9.17) is 10.5 Å². The van der Waals surface area contributed by atoms with Crippen molar-refractivity contribution < 1.29 is 4.74 Å². The topological polar surface area (TPSA) is 60.2 Å². The second-order valence-corrected chi connectivity index (χ2v) is 3.59. The first-order chi connectivity index (χ1) is 7.26. The largest absolute Gasteiger partial charge is 0.383 e. The zero-order valence-corrected chi connectivity index (χ0v) is 9.36. The number of nitrogens with two attached hydrogens (primary N) is 1. The molecule has 0 aromatic carbocycles. The number of pyridine rings is 1. The maximum Gasteiger partial charge on any atom is 0.126 e. The first-order valence-corrected chi connectivity index (χ1v) is 5.14.